The zero-order valence-electron chi connectivity index (χ0n) is 13.7. The van der Waals surface area contributed by atoms with Crippen LogP contribution < -0.4 is 10.6 Å². The van der Waals surface area contributed by atoms with Crippen LogP contribution in [0.15, 0.2) is 4.99 Å². The minimum absolute atomic E-state index is 0.253. The van der Waals surface area contributed by atoms with Crippen molar-refractivity contribution >= 4 is 5.96 Å². The smallest absolute Gasteiger partial charge is 0.191 e. The van der Waals surface area contributed by atoms with Crippen molar-refractivity contribution in [3.05, 3.63) is 0 Å². The van der Waals surface area contributed by atoms with Crippen LogP contribution in [0.5, 0.6) is 0 Å². The highest BCUT2D eigenvalue weighted by molar-refractivity contribution is 5.79. The second-order valence-corrected chi connectivity index (χ2v) is 5.74. The molecule has 1 aliphatic rings. The molecule has 0 spiro atoms. The summed E-state index contributed by atoms with van der Waals surface area (Å²) < 4.78 is 5.63. The third-order valence-corrected chi connectivity index (χ3v) is 3.87. The van der Waals surface area contributed by atoms with Crippen molar-refractivity contribution in [3.8, 4) is 0 Å². The molecule has 1 fully saturated rings. The molecule has 0 saturated carbocycles. The molecule has 1 saturated heterocycles. The summed E-state index contributed by atoms with van der Waals surface area (Å²) in [5, 5.41) is 15.8. The minimum Gasteiger partial charge on any atom is -0.396 e. The summed E-state index contributed by atoms with van der Waals surface area (Å²) in [5.74, 6) is 1.36. The minimum atomic E-state index is 0.253. The van der Waals surface area contributed by atoms with Crippen LogP contribution in [0.4, 0.5) is 0 Å². The van der Waals surface area contributed by atoms with E-state index in [1.165, 1.54) is 12.8 Å². The van der Waals surface area contributed by atoms with Gasteiger partial charge in [0, 0.05) is 32.8 Å². The van der Waals surface area contributed by atoms with Gasteiger partial charge in [-0.3, -0.25) is 4.99 Å². The van der Waals surface area contributed by atoms with Crippen molar-refractivity contribution < 1.29 is 9.84 Å². The van der Waals surface area contributed by atoms with Crippen LogP contribution in [0.3, 0.4) is 0 Å². The number of aliphatic imine (C=N–C) groups is 1. The van der Waals surface area contributed by atoms with Gasteiger partial charge in [0.15, 0.2) is 5.96 Å². The van der Waals surface area contributed by atoms with Gasteiger partial charge in [0.1, 0.15) is 0 Å². The Morgan fingerprint density at radius 3 is 2.81 bits per heavy atom. The average molecular weight is 299 g/mol. The predicted molar refractivity (Wildman–Crippen MR) is 87.7 cm³/mol. The number of hydrogen-bond donors (Lipinski definition) is 3. The Morgan fingerprint density at radius 1 is 1.33 bits per heavy atom. The molecule has 0 aliphatic carbocycles. The largest absolute Gasteiger partial charge is 0.396 e. The van der Waals surface area contributed by atoms with Crippen molar-refractivity contribution in [2.24, 2.45) is 10.9 Å². The topological polar surface area (TPSA) is 65.9 Å². The van der Waals surface area contributed by atoms with Gasteiger partial charge < -0.3 is 20.5 Å². The van der Waals surface area contributed by atoms with Crippen molar-refractivity contribution in [2.45, 2.75) is 58.5 Å². The van der Waals surface area contributed by atoms with Gasteiger partial charge in [-0.15, -0.1) is 0 Å². The second kappa shape index (κ2) is 11.8. The van der Waals surface area contributed by atoms with Crippen molar-refractivity contribution in [2.75, 3.05) is 32.8 Å². The summed E-state index contributed by atoms with van der Waals surface area (Å²) in [7, 11) is 0. The highest BCUT2D eigenvalue weighted by Gasteiger charge is 2.15. The van der Waals surface area contributed by atoms with E-state index in [-0.39, 0.29) is 6.61 Å². The Labute approximate surface area is 129 Å². The quantitative estimate of drug-likeness (QED) is 0.426. The van der Waals surface area contributed by atoms with E-state index < -0.39 is 0 Å². The molecule has 1 rings (SSSR count). The lowest BCUT2D eigenvalue weighted by Crippen LogP contribution is -2.39. The van der Waals surface area contributed by atoms with Crippen LogP contribution >= 0.6 is 0 Å². The third kappa shape index (κ3) is 8.27. The first-order valence-electron chi connectivity index (χ1n) is 8.54. The van der Waals surface area contributed by atoms with Gasteiger partial charge in [-0.05, 0) is 44.9 Å². The molecule has 1 aliphatic heterocycles. The van der Waals surface area contributed by atoms with E-state index in [0.717, 1.165) is 57.9 Å². The molecular weight excluding hydrogens is 266 g/mol. The molecule has 3 N–H and O–H groups in total. The van der Waals surface area contributed by atoms with Gasteiger partial charge in [0.25, 0.3) is 0 Å². The number of guanidine groups is 1. The van der Waals surface area contributed by atoms with Crippen LogP contribution in [0, 0.1) is 5.92 Å². The maximum Gasteiger partial charge on any atom is 0.191 e. The first kappa shape index (κ1) is 18.2. The predicted octanol–water partition coefficient (Wildman–Crippen LogP) is 1.91. The van der Waals surface area contributed by atoms with E-state index in [4.69, 9.17) is 9.84 Å². The molecule has 0 amide bonds. The molecule has 5 nitrogen and oxygen atoms in total. The molecular formula is C16H33N3O2. The maximum atomic E-state index is 9.10. The van der Waals surface area contributed by atoms with Crippen LogP contribution in [0.25, 0.3) is 0 Å². The van der Waals surface area contributed by atoms with Crippen LogP contribution in [-0.2, 0) is 4.74 Å². The summed E-state index contributed by atoms with van der Waals surface area (Å²) >= 11 is 0. The molecule has 21 heavy (non-hydrogen) atoms. The maximum absolute atomic E-state index is 9.10. The molecule has 1 heterocycles. The summed E-state index contributed by atoms with van der Waals surface area (Å²) in [6.45, 7) is 7.97. The lowest BCUT2D eigenvalue weighted by molar-refractivity contribution is 0.105. The van der Waals surface area contributed by atoms with Crippen molar-refractivity contribution in [3.63, 3.8) is 0 Å². The number of rotatable bonds is 10. The number of ether oxygens (including phenoxy) is 1. The molecule has 2 atom stereocenters. The Bertz CT molecular complexity index is 273. The van der Waals surface area contributed by atoms with Gasteiger partial charge in [-0.25, -0.2) is 0 Å². The first-order chi connectivity index (χ1) is 10.3. The molecule has 0 aromatic heterocycles. The highest BCUT2D eigenvalue weighted by atomic mass is 16.5. The van der Waals surface area contributed by atoms with Crippen LogP contribution in [-0.4, -0.2) is 50.0 Å². The number of aliphatic hydroxyl groups excluding tert-OH is 1. The Hall–Kier alpha value is -0.810. The monoisotopic (exact) mass is 299 g/mol. The van der Waals surface area contributed by atoms with E-state index in [9.17, 15) is 0 Å². The average Bonchev–Trinajstić information content (AvgIpc) is 2.98. The van der Waals surface area contributed by atoms with E-state index in [1.54, 1.807) is 0 Å². The summed E-state index contributed by atoms with van der Waals surface area (Å²) in [4.78, 5) is 4.66. The molecule has 0 aromatic carbocycles. The molecule has 2 unspecified atom stereocenters. The van der Waals surface area contributed by atoms with E-state index in [1.807, 2.05) is 0 Å². The molecule has 0 radical (unpaired) electrons. The van der Waals surface area contributed by atoms with Crippen molar-refractivity contribution in [1.82, 2.24) is 10.6 Å². The number of nitrogens with zero attached hydrogens (tertiary/aromatic N) is 1. The fourth-order valence-corrected chi connectivity index (χ4v) is 2.70. The fourth-order valence-electron chi connectivity index (χ4n) is 2.70. The first-order valence-corrected chi connectivity index (χ1v) is 8.54. The van der Waals surface area contributed by atoms with Crippen molar-refractivity contribution in [1.29, 1.82) is 0 Å². The van der Waals surface area contributed by atoms with Gasteiger partial charge in [-0.1, -0.05) is 13.3 Å². The summed E-state index contributed by atoms with van der Waals surface area (Å²) in [6.07, 6.45) is 6.94. The Balaban J connectivity index is 2.32. The van der Waals surface area contributed by atoms with Crippen LogP contribution in [0.1, 0.15) is 52.4 Å². The molecule has 5 heteroatoms. The Kier molecular flexibility index (Phi) is 10.3. The van der Waals surface area contributed by atoms with E-state index >= 15 is 0 Å². The number of hydrogen-bond acceptors (Lipinski definition) is 3. The second-order valence-electron chi connectivity index (χ2n) is 5.74. The summed E-state index contributed by atoms with van der Waals surface area (Å²) in [6, 6.07) is 0. The SMILES string of the molecule is CCCC(CCO)CN=C(NCC)NCCC1CCCO1. The number of aliphatic hydroxyl groups is 1. The lowest BCUT2D eigenvalue weighted by Gasteiger charge is -2.16. The van der Waals surface area contributed by atoms with Gasteiger partial charge in [-0.2, -0.15) is 0 Å². The zero-order valence-corrected chi connectivity index (χ0v) is 13.7. The number of nitrogens with one attached hydrogen (secondary N) is 2. The molecule has 0 aromatic rings. The molecule has 0 bridgehead atoms. The zero-order chi connectivity index (χ0) is 15.3. The lowest BCUT2D eigenvalue weighted by atomic mass is 10.0. The Morgan fingerprint density at radius 2 is 2.19 bits per heavy atom. The normalized spacial score (nSPS) is 20.5. The van der Waals surface area contributed by atoms with Gasteiger partial charge in [0.05, 0.1) is 6.10 Å². The molecule has 124 valence electrons. The van der Waals surface area contributed by atoms with Crippen LogP contribution in [0.2, 0.25) is 0 Å². The highest BCUT2D eigenvalue weighted by Crippen LogP contribution is 2.14. The summed E-state index contributed by atoms with van der Waals surface area (Å²) in [5.41, 5.74) is 0. The van der Waals surface area contributed by atoms with Gasteiger partial charge >= 0.3 is 0 Å². The standard InChI is InChI=1S/C16H33N3O2/c1-3-6-14(9-11-20)13-19-16(17-4-2)18-10-8-15-7-5-12-21-15/h14-15,20H,3-13H2,1-2H3,(H2,17,18,19). The fraction of sp³-hybridized carbons (Fsp3) is 0.938. The van der Waals surface area contributed by atoms with E-state index in [2.05, 4.69) is 29.5 Å². The third-order valence-electron chi connectivity index (χ3n) is 3.87. The van der Waals surface area contributed by atoms with Gasteiger partial charge in [0.2, 0.25) is 0 Å². The van der Waals surface area contributed by atoms with E-state index in [0.29, 0.717) is 12.0 Å².